The van der Waals surface area contributed by atoms with E-state index < -0.39 is 5.62 Å². The molecule has 0 saturated carbocycles. The molecule has 0 aliphatic heterocycles. The van der Waals surface area contributed by atoms with Crippen molar-refractivity contribution in [1.82, 2.24) is 10.3 Å². The minimum Gasteiger partial charge on any atom is -0.381 e. The zero-order valence-corrected chi connectivity index (χ0v) is 7.34. The minimum absolute atomic E-state index is 0.192. The van der Waals surface area contributed by atoms with Crippen LogP contribution in [0.2, 0.25) is 5.15 Å². The average Bonchev–Trinajstić information content (AvgIpc) is 2.05. The maximum Gasteiger partial charge on any atom is 0.142 e. The van der Waals surface area contributed by atoms with E-state index in [1.54, 1.807) is 12.1 Å². The van der Waals surface area contributed by atoms with Gasteiger partial charge in [0.25, 0.3) is 0 Å². The molecule has 1 atom stereocenters. The lowest BCUT2D eigenvalue weighted by molar-refractivity contribution is 0.0980. The van der Waals surface area contributed by atoms with Crippen LogP contribution in [0.1, 0.15) is 5.56 Å². The third-order valence-corrected chi connectivity index (χ3v) is 1.85. The first-order valence-electron chi connectivity index (χ1n) is 3.39. The second-order valence-corrected chi connectivity index (χ2v) is 2.72. The lowest BCUT2D eigenvalue weighted by Crippen LogP contribution is -2.40. The average molecular weight is 182 g/mol. The Labute approximate surface area is 77.2 Å². The van der Waals surface area contributed by atoms with Crippen LogP contribution in [0.25, 0.3) is 0 Å². The van der Waals surface area contributed by atoms with Gasteiger partial charge in [0.15, 0.2) is 0 Å². The fourth-order valence-electron chi connectivity index (χ4n) is 0.805. The highest BCUT2D eigenvalue weighted by Crippen LogP contribution is 2.20. The van der Waals surface area contributed by atoms with Gasteiger partial charge >= 0.3 is 0 Å². The monoisotopic (exact) mass is 182 g/mol. The Kier molecular flexibility index (Phi) is 2.72. The maximum absolute atomic E-state index is 9.52. The summed E-state index contributed by atoms with van der Waals surface area (Å²) in [5.74, 6) is 0. The largest absolute Gasteiger partial charge is 0.381 e. The quantitative estimate of drug-likeness (QED) is 0.391. The molecule has 1 aromatic heterocycles. The van der Waals surface area contributed by atoms with Crippen LogP contribution in [0.15, 0.2) is 18.3 Å². The fraction of sp³-hybridized carbons (Fsp3) is 0.286. The predicted octanol–water partition coefficient (Wildman–Crippen LogP) is 0.225. The molecule has 0 aromatic carbocycles. The smallest absolute Gasteiger partial charge is 0.142 e. The molecule has 12 heavy (non-hydrogen) atoms. The van der Waals surface area contributed by atoms with E-state index in [1.807, 2.05) is 0 Å². The first-order chi connectivity index (χ1) is 5.58. The SMILES string of the molecule is [B]C(O)(NC)c1cccnc1Cl. The Morgan fingerprint density at radius 1 is 1.75 bits per heavy atom. The van der Waals surface area contributed by atoms with Crippen LogP contribution in [-0.2, 0) is 5.62 Å². The van der Waals surface area contributed by atoms with E-state index in [4.69, 9.17) is 19.4 Å². The zero-order chi connectivity index (χ0) is 9.19. The minimum atomic E-state index is -1.62. The highest BCUT2D eigenvalue weighted by molar-refractivity contribution is 6.31. The number of nitrogens with one attached hydrogen (secondary N) is 1. The topological polar surface area (TPSA) is 45.1 Å². The van der Waals surface area contributed by atoms with Crippen LogP contribution in [0.3, 0.4) is 0 Å². The van der Waals surface area contributed by atoms with Gasteiger partial charge < -0.3 is 5.11 Å². The Morgan fingerprint density at radius 3 is 2.92 bits per heavy atom. The van der Waals surface area contributed by atoms with Crippen molar-refractivity contribution < 1.29 is 5.11 Å². The summed E-state index contributed by atoms with van der Waals surface area (Å²) in [6, 6.07) is 3.25. The molecule has 62 valence electrons. The molecule has 0 aliphatic carbocycles. The standard InChI is InChI=1S/C7H8BClN2O/c1-10-7(8,12)5-3-2-4-11-6(5)9/h2-4,10,12H,1H3. The Balaban J connectivity index is 3.10. The number of aromatic nitrogens is 1. The van der Waals surface area contributed by atoms with Gasteiger partial charge in [-0.3, -0.25) is 5.32 Å². The van der Waals surface area contributed by atoms with Crippen molar-refractivity contribution in [3.63, 3.8) is 0 Å². The lowest BCUT2D eigenvalue weighted by Gasteiger charge is -2.24. The molecule has 0 bridgehead atoms. The summed E-state index contributed by atoms with van der Waals surface area (Å²) in [5, 5.41) is 12.2. The number of hydrogen-bond donors (Lipinski definition) is 2. The number of pyridine rings is 1. The van der Waals surface area contributed by atoms with Gasteiger partial charge in [0.2, 0.25) is 0 Å². The molecule has 1 aromatic rings. The molecular weight excluding hydrogens is 174 g/mol. The van der Waals surface area contributed by atoms with E-state index in [0.29, 0.717) is 5.56 Å². The summed E-state index contributed by atoms with van der Waals surface area (Å²) in [4.78, 5) is 3.78. The second-order valence-electron chi connectivity index (χ2n) is 2.36. The van der Waals surface area contributed by atoms with Gasteiger partial charge in [-0.05, 0) is 13.1 Å². The number of halogens is 1. The highest BCUT2D eigenvalue weighted by atomic mass is 35.5. The molecule has 1 heterocycles. The lowest BCUT2D eigenvalue weighted by atomic mass is 9.85. The predicted molar refractivity (Wildman–Crippen MR) is 48.0 cm³/mol. The van der Waals surface area contributed by atoms with Crippen molar-refractivity contribution in [3.05, 3.63) is 29.0 Å². The molecule has 1 unspecified atom stereocenters. The molecule has 2 radical (unpaired) electrons. The summed E-state index contributed by atoms with van der Waals surface area (Å²) < 4.78 is 0. The fourth-order valence-corrected chi connectivity index (χ4v) is 1.07. The second kappa shape index (κ2) is 3.43. The molecule has 0 saturated heterocycles. The van der Waals surface area contributed by atoms with Crippen LogP contribution in [-0.4, -0.2) is 25.0 Å². The summed E-state index contributed by atoms with van der Waals surface area (Å²) in [5.41, 5.74) is -1.26. The van der Waals surface area contributed by atoms with Gasteiger partial charge in [-0.2, -0.15) is 0 Å². The number of nitrogens with zero attached hydrogens (tertiary/aromatic N) is 1. The van der Waals surface area contributed by atoms with Gasteiger partial charge in [-0.15, -0.1) is 0 Å². The zero-order valence-electron chi connectivity index (χ0n) is 6.58. The molecule has 1 rings (SSSR count). The van der Waals surface area contributed by atoms with Gasteiger partial charge in [-0.1, -0.05) is 17.7 Å². The Hall–Kier alpha value is -0.575. The van der Waals surface area contributed by atoms with Gasteiger partial charge in [0.05, 0.1) is 5.62 Å². The van der Waals surface area contributed by atoms with Gasteiger partial charge in [-0.25, -0.2) is 4.98 Å². The van der Waals surface area contributed by atoms with E-state index in [9.17, 15) is 5.11 Å². The maximum atomic E-state index is 9.52. The van der Waals surface area contributed by atoms with Crippen molar-refractivity contribution in [1.29, 1.82) is 0 Å². The van der Waals surface area contributed by atoms with Crippen LogP contribution >= 0.6 is 11.6 Å². The van der Waals surface area contributed by atoms with Crippen LogP contribution < -0.4 is 5.32 Å². The first-order valence-corrected chi connectivity index (χ1v) is 3.77. The molecule has 0 fully saturated rings. The Bertz CT molecular complexity index is 280. The molecule has 0 spiro atoms. The summed E-state index contributed by atoms with van der Waals surface area (Å²) in [7, 11) is 6.99. The first kappa shape index (κ1) is 9.51. The van der Waals surface area contributed by atoms with E-state index in [1.165, 1.54) is 13.2 Å². The normalized spacial score (nSPS) is 15.6. The van der Waals surface area contributed by atoms with Crippen molar-refractivity contribution in [2.75, 3.05) is 7.05 Å². The third-order valence-electron chi connectivity index (χ3n) is 1.55. The van der Waals surface area contributed by atoms with Crippen LogP contribution in [0.5, 0.6) is 0 Å². The van der Waals surface area contributed by atoms with Crippen molar-refractivity contribution in [3.8, 4) is 0 Å². The molecular formula is C7H8BClN2O. The summed E-state index contributed by atoms with van der Waals surface area (Å²) >= 11 is 5.70. The molecule has 0 amide bonds. The van der Waals surface area contributed by atoms with E-state index in [-0.39, 0.29) is 5.15 Å². The van der Waals surface area contributed by atoms with E-state index >= 15 is 0 Å². The molecule has 0 aliphatic rings. The van der Waals surface area contributed by atoms with E-state index in [0.717, 1.165) is 0 Å². The van der Waals surface area contributed by atoms with Crippen molar-refractivity contribution >= 4 is 19.4 Å². The van der Waals surface area contributed by atoms with Gasteiger partial charge in [0, 0.05) is 11.8 Å². The van der Waals surface area contributed by atoms with E-state index in [2.05, 4.69) is 10.3 Å². The molecule has 2 N–H and O–H groups in total. The van der Waals surface area contributed by atoms with Gasteiger partial charge in [0.1, 0.15) is 13.0 Å². The highest BCUT2D eigenvalue weighted by Gasteiger charge is 2.22. The molecule has 5 heteroatoms. The summed E-state index contributed by atoms with van der Waals surface area (Å²) in [6.45, 7) is 0. The number of aliphatic hydroxyl groups is 1. The summed E-state index contributed by atoms with van der Waals surface area (Å²) in [6.07, 6.45) is 1.53. The molecule has 3 nitrogen and oxygen atoms in total. The van der Waals surface area contributed by atoms with Crippen molar-refractivity contribution in [2.45, 2.75) is 5.62 Å². The van der Waals surface area contributed by atoms with Crippen LogP contribution in [0.4, 0.5) is 0 Å². The number of hydrogen-bond acceptors (Lipinski definition) is 3. The van der Waals surface area contributed by atoms with Crippen LogP contribution in [0, 0.1) is 0 Å². The Morgan fingerprint density at radius 2 is 2.42 bits per heavy atom. The van der Waals surface area contributed by atoms with Crippen molar-refractivity contribution in [2.24, 2.45) is 0 Å². The third kappa shape index (κ3) is 1.77. The number of rotatable bonds is 2.